The predicted octanol–water partition coefficient (Wildman–Crippen LogP) is 3.48. The molecule has 174 valence electrons. The van der Waals surface area contributed by atoms with E-state index in [1.54, 1.807) is 12.1 Å². The second-order valence-electron chi connectivity index (χ2n) is 11.1. The molecular weight excluding hydrogens is 402 g/mol. The van der Waals surface area contributed by atoms with Gasteiger partial charge in [0.1, 0.15) is 5.52 Å². The van der Waals surface area contributed by atoms with Crippen molar-refractivity contribution in [3.63, 3.8) is 0 Å². The molecule has 4 heterocycles. The number of fused-ring (bicyclic) bond motifs is 3. The number of nitrogens with two attached hydrogens (primary N) is 1. The number of primary amides is 1. The van der Waals surface area contributed by atoms with Gasteiger partial charge in [-0.3, -0.25) is 9.69 Å². The van der Waals surface area contributed by atoms with Gasteiger partial charge in [0.05, 0.1) is 11.6 Å². The van der Waals surface area contributed by atoms with Crippen LogP contribution in [0.25, 0.3) is 11.1 Å². The summed E-state index contributed by atoms with van der Waals surface area (Å²) in [6.07, 6.45) is 6.65. The van der Waals surface area contributed by atoms with Gasteiger partial charge >= 0.3 is 0 Å². The Morgan fingerprint density at radius 3 is 2.50 bits per heavy atom. The number of benzene rings is 1. The van der Waals surface area contributed by atoms with Gasteiger partial charge in [-0.2, -0.15) is 4.98 Å². The Hall–Kier alpha value is -2.12. The Morgan fingerprint density at radius 2 is 1.84 bits per heavy atom. The number of nitrogens with zero attached hydrogens (tertiary/aromatic N) is 4. The van der Waals surface area contributed by atoms with Gasteiger partial charge in [0.25, 0.3) is 11.9 Å². The number of carbonyl (C=O) groups is 1. The molecule has 3 fully saturated rings. The van der Waals surface area contributed by atoms with Gasteiger partial charge in [0.15, 0.2) is 5.58 Å². The zero-order chi connectivity index (χ0) is 22.6. The van der Waals surface area contributed by atoms with Gasteiger partial charge < -0.3 is 20.0 Å². The minimum Gasteiger partial charge on any atom is -0.423 e. The quantitative estimate of drug-likeness (QED) is 0.789. The third-order valence-electron chi connectivity index (χ3n) is 8.16. The van der Waals surface area contributed by atoms with Crippen molar-refractivity contribution in [3.8, 4) is 0 Å². The van der Waals surface area contributed by atoms with Crippen LogP contribution in [0.3, 0.4) is 0 Å². The number of piperidine rings is 2. The minimum atomic E-state index is -0.472. The average molecular weight is 440 g/mol. The number of amides is 1. The van der Waals surface area contributed by atoms with Crippen molar-refractivity contribution < 1.29 is 9.21 Å². The Morgan fingerprint density at radius 1 is 1.12 bits per heavy atom. The maximum atomic E-state index is 11.9. The van der Waals surface area contributed by atoms with Crippen LogP contribution in [0.5, 0.6) is 0 Å². The van der Waals surface area contributed by atoms with Crippen molar-refractivity contribution in [2.24, 2.45) is 11.1 Å². The molecule has 2 aromatic rings. The lowest BCUT2D eigenvalue weighted by atomic mass is 9.80. The second-order valence-corrected chi connectivity index (χ2v) is 11.1. The summed E-state index contributed by atoms with van der Waals surface area (Å²) < 4.78 is 6.16. The molecule has 1 amide bonds. The van der Waals surface area contributed by atoms with E-state index in [1.807, 2.05) is 6.07 Å². The second kappa shape index (κ2) is 8.03. The van der Waals surface area contributed by atoms with E-state index in [0.29, 0.717) is 28.7 Å². The lowest BCUT2D eigenvalue weighted by Crippen LogP contribution is -2.63. The lowest BCUT2D eigenvalue weighted by molar-refractivity contribution is -0.00247. The van der Waals surface area contributed by atoms with Crippen molar-refractivity contribution in [2.45, 2.75) is 77.0 Å². The fraction of sp³-hybridized carbons (Fsp3) is 0.680. The first kappa shape index (κ1) is 21.7. The van der Waals surface area contributed by atoms with Crippen LogP contribution in [0.1, 0.15) is 63.2 Å². The van der Waals surface area contributed by atoms with Gasteiger partial charge in [-0.15, -0.1) is 0 Å². The number of hydrogen-bond donors (Lipinski definition) is 1. The van der Waals surface area contributed by atoms with Crippen LogP contribution >= 0.6 is 0 Å². The summed E-state index contributed by atoms with van der Waals surface area (Å²) >= 11 is 0. The molecule has 3 aliphatic rings. The van der Waals surface area contributed by atoms with Crippen LogP contribution in [-0.4, -0.2) is 71.5 Å². The van der Waals surface area contributed by atoms with E-state index in [4.69, 9.17) is 15.1 Å². The van der Waals surface area contributed by atoms with Crippen LogP contribution in [0, 0.1) is 5.41 Å². The van der Waals surface area contributed by atoms with E-state index in [2.05, 4.69) is 42.5 Å². The molecule has 3 saturated heterocycles. The molecule has 3 aliphatic heterocycles. The van der Waals surface area contributed by atoms with Gasteiger partial charge in [-0.1, -0.05) is 33.3 Å². The summed E-state index contributed by atoms with van der Waals surface area (Å²) in [7, 11) is 2.33. The van der Waals surface area contributed by atoms with E-state index in [0.717, 1.165) is 31.7 Å². The molecule has 0 radical (unpaired) electrons. The summed E-state index contributed by atoms with van der Waals surface area (Å²) in [5, 5.41) is 0. The molecule has 7 nitrogen and oxygen atoms in total. The van der Waals surface area contributed by atoms with E-state index in [1.165, 1.54) is 32.1 Å². The third-order valence-corrected chi connectivity index (χ3v) is 8.16. The third kappa shape index (κ3) is 3.79. The molecule has 32 heavy (non-hydrogen) atoms. The summed E-state index contributed by atoms with van der Waals surface area (Å²) in [5.74, 6) is -0.472. The number of piperazine rings is 1. The van der Waals surface area contributed by atoms with Crippen molar-refractivity contribution in [1.29, 1.82) is 0 Å². The molecule has 2 N–H and O–H groups in total. The van der Waals surface area contributed by atoms with Gasteiger partial charge in [0.2, 0.25) is 0 Å². The zero-order valence-corrected chi connectivity index (χ0v) is 19.9. The number of hydrogen-bond acceptors (Lipinski definition) is 6. The monoisotopic (exact) mass is 439 g/mol. The Bertz CT molecular complexity index is 982. The molecule has 1 aromatic heterocycles. The highest BCUT2D eigenvalue weighted by molar-refractivity contribution is 6.03. The number of anilines is 1. The first-order valence-corrected chi connectivity index (χ1v) is 12.1. The summed E-state index contributed by atoms with van der Waals surface area (Å²) in [6, 6.07) is 8.40. The Balaban J connectivity index is 1.40. The maximum Gasteiger partial charge on any atom is 0.298 e. The minimum absolute atomic E-state index is 0.0627. The smallest absolute Gasteiger partial charge is 0.298 e. The summed E-state index contributed by atoms with van der Waals surface area (Å²) in [5.41, 5.74) is 7.23. The first-order valence-electron chi connectivity index (χ1n) is 12.1. The Kier molecular flexibility index (Phi) is 5.45. The van der Waals surface area contributed by atoms with Crippen LogP contribution in [0.15, 0.2) is 22.6 Å². The predicted molar refractivity (Wildman–Crippen MR) is 127 cm³/mol. The molecule has 2 unspecified atom stereocenters. The lowest BCUT2D eigenvalue weighted by Gasteiger charge is -2.53. The zero-order valence-electron chi connectivity index (χ0n) is 19.9. The molecule has 0 saturated carbocycles. The molecule has 5 rings (SSSR count). The van der Waals surface area contributed by atoms with Crippen LogP contribution in [-0.2, 0) is 0 Å². The molecule has 2 bridgehead atoms. The fourth-order valence-electron chi connectivity index (χ4n) is 6.25. The molecule has 1 aromatic carbocycles. The molecule has 0 spiro atoms. The van der Waals surface area contributed by atoms with Crippen molar-refractivity contribution in [3.05, 3.63) is 23.8 Å². The average Bonchev–Trinajstić information content (AvgIpc) is 3.16. The van der Waals surface area contributed by atoms with Crippen molar-refractivity contribution in [1.82, 2.24) is 14.8 Å². The number of carbonyl (C=O) groups excluding carboxylic acids is 1. The Labute approximate surface area is 190 Å². The van der Waals surface area contributed by atoms with Crippen LogP contribution < -0.4 is 10.6 Å². The maximum absolute atomic E-state index is 11.9. The highest BCUT2D eigenvalue weighted by Gasteiger charge is 2.43. The van der Waals surface area contributed by atoms with Crippen molar-refractivity contribution in [2.75, 3.05) is 31.6 Å². The SMILES string of the molecule is CN1C2CCCC1CC(N1CCN(c3nc4c(C(N)=O)cccc4o3)[C@@H](C(C)(C)C)C1)C2. The number of para-hydroxylation sites is 1. The first-order chi connectivity index (χ1) is 15.2. The number of rotatable bonds is 3. The standard InChI is InChI=1S/C25H37N5O2/c1-25(2,3)21-15-29(18-13-16-7-5-8-17(14-18)28(16)4)11-12-30(21)24-27-22-19(23(26)31)9-6-10-20(22)32-24/h6,9-10,16-18,21H,5,7-8,11-15H2,1-4H3,(H2,26,31)/t16?,17?,18?,21-/m1/s1. The van der Waals surface area contributed by atoms with E-state index in [-0.39, 0.29) is 11.5 Å². The van der Waals surface area contributed by atoms with E-state index < -0.39 is 5.91 Å². The van der Waals surface area contributed by atoms with E-state index >= 15 is 0 Å². The number of aromatic nitrogens is 1. The fourth-order valence-corrected chi connectivity index (χ4v) is 6.25. The van der Waals surface area contributed by atoms with Gasteiger partial charge in [-0.05, 0) is 50.3 Å². The number of oxazole rings is 1. The largest absolute Gasteiger partial charge is 0.423 e. The normalized spacial score (nSPS) is 30.1. The topological polar surface area (TPSA) is 78.8 Å². The van der Waals surface area contributed by atoms with E-state index in [9.17, 15) is 4.79 Å². The van der Waals surface area contributed by atoms with Gasteiger partial charge in [0, 0.05) is 37.8 Å². The highest BCUT2D eigenvalue weighted by Crippen LogP contribution is 2.38. The molecule has 7 heteroatoms. The van der Waals surface area contributed by atoms with Crippen LogP contribution in [0.2, 0.25) is 0 Å². The van der Waals surface area contributed by atoms with Crippen LogP contribution in [0.4, 0.5) is 6.01 Å². The highest BCUT2D eigenvalue weighted by atomic mass is 16.4. The van der Waals surface area contributed by atoms with Crippen molar-refractivity contribution >= 4 is 23.0 Å². The molecule has 3 atom stereocenters. The molecular formula is C25H37N5O2. The summed E-state index contributed by atoms with van der Waals surface area (Å²) in [4.78, 5) is 24.3. The molecule has 0 aliphatic carbocycles. The van der Waals surface area contributed by atoms with Gasteiger partial charge in [-0.25, -0.2) is 0 Å². The summed E-state index contributed by atoms with van der Waals surface area (Å²) in [6.45, 7) is 9.81.